The molecule has 2 unspecified atom stereocenters. The summed E-state index contributed by atoms with van der Waals surface area (Å²) in [7, 11) is -2.87. The number of hydrogen-bond acceptors (Lipinski definition) is 5. The maximum absolute atomic E-state index is 11.9. The first-order chi connectivity index (χ1) is 8.34. The molecule has 0 bridgehead atoms. The van der Waals surface area contributed by atoms with Crippen LogP contribution in [0.3, 0.4) is 0 Å². The van der Waals surface area contributed by atoms with Gasteiger partial charge in [0, 0.05) is 17.7 Å². The zero-order valence-electron chi connectivity index (χ0n) is 10.3. The zero-order chi connectivity index (χ0) is 13.8. The van der Waals surface area contributed by atoms with Crippen molar-refractivity contribution in [3.05, 3.63) is 24.3 Å². The highest BCUT2D eigenvalue weighted by Crippen LogP contribution is 2.13. The van der Waals surface area contributed by atoms with Crippen LogP contribution in [0.4, 0.5) is 0 Å². The topological polar surface area (TPSA) is 83.5 Å². The van der Waals surface area contributed by atoms with E-state index < -0.39 is 26.7 Å². The fourth-order valence-electron chi connectivity index (χ4n) is 1.40. The molecule has 0 saturated carbocycles. The van der Waals surface area contributed by atoms with E-state index >= 15 is 0 Å². The Bertz CT molecular complexity index is 510. The molecule has 0 aliphatic carbocycles. The summed E-state index contributed by atoms with van der Waals surface area (Å²) in [5.74, 6) is 0.124. The fraction of sp³-hybridized carbons (Fsp3) is 0.455. The summed E-state index contributed by atoms with van der Waals surface area (Å²) in [5, 5.41) is 12.3. The number of likely N-dealkylation sites (N-methyl/N-ethyl adjacent to an activating group) is 1. The maximum atomic E-state index is 11.9. The van der Waals surface area contributed by atoms with Crippen LogP contribution in [0.5, 0.6) is 0 Å². The highest BCUT2D eigenvalue weighted by molar-refractivity contribution is 7.90. The molecule has 18 heavy (non-hydrogen) atoms. The standard InChI is InChI=1S/C11H17NO4S2/c1-12-7-9(13)8-17(14)10-3-5-11(6-4-10)18(2,15)16/h3-6,9,12-13H,7-8H2,1-2H3. The Morgan fingerprint density at radius 1 is 1.33 bits per heavy atom. The lowest BCUT2D eigenvalue weighted by Crippen LogP contribution is -2.28. The Morgan fingerprint density at radius 3 is 2.33 bits per heavy atom. The number of nitrogens with one attached hydrogen (secondary N) is 1. The molecule has 5 nitrogen and oxygen atoms in total. The van der Waals surface area contributed by atoms with Gasteiger partial charge < -0.3 is 10.4 Å². The number of aliphatic hydroxyl groups is 1. The molecule has 0 aliphatic rings. The summed E-state index contributed by atoms with van der Waals surface area (Å²) < 4.78 is 34.4. The molecular formula is C11H17NO4S2. The molecule has 0 spiro atoms. The second kappa shape index (κ2) is 6.42. The predicted octanol–water partition coefficient (Wildman–Crippen LogP) is -0.222. The van der Waals surface area contributed by atoms with Crippen LogP contribution in [-0.4, -0.2) is 49.4 Å². The molecule has 2 atom stereocenters. The molecule has 7 heteroatoms. The minimum atomic E-state index is -3.24. The molecule has 0 saturated heterocycles. The average Bonchev–Trinajstić information content (AvgIpc) is 2.28. The molecule has 0 fully saturated rings. The number of benzene rings is 1. The molecule has 102 valence electrons. The fourth-order valence-corrected chi connectivity index (χ4v) is 3.13. The molecule has 0 heterocycles. The summed E-state index contributed by atoms with van der Waals surface area (Å²) in [6, 6.07) is 5.87. The third-order valence-electron chi connectivity index (χ3n) is 2.30. The molecule has 0 radical (unpaired) electrons. The van der Waals surface area contributed by atoms with Gasteiger partial charge in [-0.2, -0.15) is 0 Å². The van der Waals surface area contributed by atoms with E-state index in [4.69, 9.17) is 0 Å². The van der Waals surface area contributed by atoms with E-state index in [1.54, 1.807) is 7.05 Å². The van der Waals surface area contributed by atoms with Crippen molar-refractivity contribution in [2.75, 3.05) is 25.6 Å². The molecule has 0 amide bonds. The van der Waals surface area contributed by atoms with Crippen molar-refractivity contribution in [2.45, 2.75) is 15.9 Å². The number of hydrogen-bond donors (Lipinski definition) is 2. The van der Waals surface area contributed by atoms with Crippen LogP contribution in [0.1, 0.15) is 0 Å². The van der Waals surface area contributed by atoms with E-state index in [1.165, 1.54) is 24.3 Å². The number of rotatable bonds is 6. The molecule has 1 aromatic carbocycles. The second-order valence-electron chi connectivity index (χ2n) is 3.97. The van der Waals surface area contributed by atoms with E-state index in [9.17, 15) is 17.7 Å². The first-order valence-electron chi connectivity index (χ1n) is 5.35. The van der Waals surface area contributed by atoms with Gasteiger partial charge in [0.15, 0.2) is 9.84 Å². The Labute approximate surface area is 110 Å². The Balaban J connectivity index is 2.77. The number of sulfone groups is 1. The van der Waals surface area contributed by atoms with E-state index in [2.05, 4.69) is 5.32 Å². The minimum Gasteiger partial charge on any atom is -0.391 e. The number of aliphatic hydroxyl groups excluding tert-OH is 1. The van der Waals surface area contributed by atoms with Crippen LogP contribution in [0.25, 0.3) is 0 Å². The monoisotopic (exact) mass is 291 g/mol. The molecule has 2 N–H and O–H groups in total. The van der Waals surface area contributed by atoms with Gasteiger partial charge >= 0.3 is 0 Å². The van der Waals surface area contributed by atoms with Gasteiger partial charge in [-0.05, 0) is 31.3 Å². The molecule has 1 rings (SSSR count). The highest BCUT2D eigenvalue weighted by atomic mass is 32.2. The van der Waals surface area contributed by atoms with Gasteiger partial charge in [0.05, 0.1) is 27.6 Å². The summed E-state index contributed by atoms with van der Waals surface area (Å²) in [6.45, 7) is 0.368. The van der Waals surface area contributed by atoms with E-state index in [1.807, 2.05) is 0 Å². The summed E-state index contributed by atoms with van der Waals surface area (Å²) in [6.07, 6.45) is 0.431. The van der Waals surface area contributed by atoms with Crippen LogP contribution in [-0.2, 0) is 20.6 Å². The summed E-state index contributed by atoms with van der Waals surface area (Å²) in [5.41, 5.74) is 0. The van der Waals surface area contributed by atoms with Crippen LogP contribution >= 0.6 is 0 Å². The smallest absolute Gasteiger partial charge is 0.175 e. The normalized spacial score (nSPS) is 15.3. The highest BCUT2D eigenvalue weighted by Gasteiger charge is 2.12. The van der Waals surface area contributed by atoms with Crippen molar-refractivity contribution in [3.63, 3.8) is 0 Å². The summed E-state index contributed by atoms with van der Waals surface area (Å²) >= 11 is 0. The van der Waals surface area contributed by atoms with E-state index in [0.29, 0.717) is 11.4 Å². The molecule has 0 aliphatic heterocycles. The van der Waals surface area contributed by atoms with E-state index in [-0.39, 0.29) is 10.6 Å². The lowest BCUT2D eigenvalue weighted by Gasteiger charge is -2.09. The SMILES string of the molecule is CNCC(O)CS(=O)c1ccc(S(C)(=O)=O)cc1. The van der Waals surface area contributed by atoms with Gasteiger partial charge in [-0.1, -0.05) is 0 Å². The second-order valence-corrected chi connectivity index (χ2v) is 7.48. The van der Waals surface area contributed by atoms with Crippen molar-refractivity contribution in [1.29, 1.82) is 0 Å². The minimum absolute atomic E-state index is 0.124. The van der Waals surface area contributed by atoms with Gasteiger partial charge in [-0.25, -0.2) is 8.42 Å². The van der Waals surface area contributed by atoms with Crippen molar-refractivity contribution < 1.29 is 17.7 Å². The van der Waals surface area contributed by atoms with Gasteiger partial charge in [0.2, 0.25) is 0 Å². The summed E-state index contributed by atoms with van der Waals surface area (Å²) in [4.78, 5) is 0.705. The van der Waals surface area contributed by atoms with Crippen molar-refractivity contribution in [3.8, 4) is 0 Å². The van der Waals surface area contributed by atoms with E-state index in [0.717, 1.165) is 6.26 Å². The Kier molecular flexibility index (Phi) is 5.46. The largest absolute Gasteiger partial charge is 0.391 e. The van der Waals surface area contributed by atoms with Gasteiger partial charge in [0.1, 0.15) is 0 Å². The Hall–Kier alpha value is -0.760. The van der Waals surface area contributed by atoms with Gasteiger partial charge in [0.25, 0.3) is 0 Å². The maximum Gasteiger partial charge on any atom is 0.175 e. The third-order valence-corrected chi connectivity index (χ3v) is 4.91. The predicted molar refractivity (Wildman–Crippen MR) is 70.8 cm³/mol. The first kappa shape index (κ1) is 15.3. The van der Waals surface area contributed by atoms with Crippen LogP contribution < -0.4 is 5.32 Å². The molecule has 1 aromatic rings. The molecular weight excluding hydrogens is 274 g/mol. The lowest BCUT2D eigenvalue weighted by atomic mass is 10.4. The van der Waals surface area contributed by atoms with Gasteiger partial charge in [-0.3, -0.25) is 4.21 Å². The van der Waals surface area contributed by atoms with Crippen molar-refractivity contribution in [1.82, 2.24) is 5.32 Å². The van der Waals surface area contributed by atoms with Crippen molar-refractivity contribution >= 4 is 20.6 Å². The Morgan fingerprint density at radius 2 is 1.89 bits per heavy atom. The zero-order valence-corrected chi connectivity index (χ0v) is 11.9. The van der Waals surface area contributed by atoms with Crippen LogP contribution in [0.15, 0.2) is 34.1 Å². The quantitative estimate of drug-likeness (QED) is 0.757. The lowest BCUT2D eigenvalue weighted by molar-refractivity contribution is 0.198. The van der Waals surface area contributed by atoms with Gasteiger partial charge in [-0.15, -0.1) is 0 Å². The van der Waals surface area contributed by atoms with Crippen molar-refractivity contribution in [2.24, 2.45) is 0 Å². The third kappa shape index (κ3) is 4.49. The van der Waals surface area contributed by atoms with Crippen LogP contribution in [0.2, 0.25) is 0 Å². The average molecular weight is 291 g/mol. The first-order valence-corrected chi connectivity index (χ1v) is 8.57. The molecule has 0 aromatic heterocycles. The van der Waals surface area contributed by atoms with Crippen LogP contribution in [0, 0.1) is 0 Å².